The van der Waals surface area contributed by atoms with Crippen LogP contribution in [0.5, 0.6) is 0 Å². The van der Waals surface area contributed by atoms with E-state index in [1.807, 2.05) is 17.0 Å². The van der Waals surface area contributed by atoms with Crippen LogP contribution in [0.15, 0.2) is 24.3 Å². The quantitative estimate of drug-likeness (QED) is 0.574. The molecule has 3 aliphatic heterocycles. The van der Waals surface area contributed by atoms with Gasteiger partial charge in [0.1, 0.15) is 11.9 Å². The van der Waals surface area contributed by atoms with Gasteiger partial charge in [-0.1, -0.05) is 0 Å². The van der Waals surface area contributed by atoms with Crippen LogP contribution in [0.1, 0.15) is 40.2 Å². The summed E-state index contributed by atoms with van der Waals surface area (Å²) in [5.41, 5.74) is 3.26. The van der Waals surface area contributed by atoms with E-state index in [9.17, 15) is 19.5 Å². The minimum Gasteiger partial charge on any atom is -0.390 e. The lowest BCUT2D eigenvalue weighted by atomic mass is 10.0. The monoisotopic (exact) mass is 455 g/mol. The Morgan fingerprint density at radius 1 is 1.06 bits per heavy atom. The number of hydrogen-bond acceptors (Lipinski definition) is 6. The highest BCUT2D eigenvalue weighted by Gasteiger charge is 2.39. The van der Waals surface area contributed by atoms with Crippen molar-refractivity contribution < 1.29 is 23.9 Å². The summed E-state index contributed by atoms with van der Waals surface area (Å²) in [4.78, 5) is 45.4. The van der Waals surface area contributed by atoms with Crippen molar-refractivity contribution in [3.05, 3.63) is 52.6 Å². The van der Waals surface area contributed by atoms with Gasteiger partial charge in [-0.15, -0.1) is 0 Å². The fourth-order valence-corrected chi connectivity index (χ4v) is 4.88. The smallest absolute Gasteiger partial charge is 0.255 e. The van der Waals surface area contributed by atoms with E-state index in [0.717, 1.165) is 31.0 Å². The third kappa shape index (κ3) is 4.11. The SMILES string of the molecule is O=C1CCC(N2Cc3cc(N4CCN(Cc5ccc(CO)[nH]5)CC4)c(F)cc3C2=O)C(=O)N1. The number of nitrogens with zero attached hydrogens (tertiary/aromatic N) is 3. The largest absolute Gasteiger partial charge is 0.390 e. The van der Waals surface area contributed by atoms with Crippen molar-refractivity contribution in [2.24, 2.45) is 0 Å². The van der Waals surface area contributed by atoms with E-state index < -0.39 is 17.8 Å². The van der Waals surface area contributed by atoms with Crippen LogP contribution in [0, 0.1) is 5.82 Å². The van der Waals surface area contributed by atoms with Gasteiger partial charge in [-0.25, -0.2) is 4.39 Å². The lowest BCUT2D eigenvalue weighted by Crippen LogP contribution is -2.52. The number of fused-ring (bicyclic) bond motifs is 1. The zero-order chi connectivity index (χ0) is 23.1. The van der Waals surface area contributed by atoms with Crippen LogP contribution in [-0.2, 0) is 29.3 Å². The van der Waals surface area contributed by atoms with Gasteiger partial charge in [0.15, 0.2) is 0 Å². The molecule has 4 heterocycles. The van der Waals surface area contributed by atoms with Crippen molar-refractivity contribution in [3.8, 4) is 0 Å². The highest BCUT2D eigenvalue weighted by molar-refractivity contribution is 6.05. The van der Waals surface area contributed by atoms with Gasteiger partial charge in [0.2, 0.25) is 11.8 Å². The number of anilines is 1. The minimum atomic E-state index is -0.711. The highest BCUT2D eigenvalue weighted by Crippen LogP contribution is 2.33. The fourth-order valence-electron chi connectivity index (χ4n) is 4.88. The van der Waals surface area contributed by atoms with Gasteiger partial charge in [0.05, 0.1) is 12.3 Å². The Hall–Kier alpha value is -3.24. The second kappa shape index (κ2) is 8.60. The molecule has 0 spiro atoms. The molecule has 3 N–H and O–H groups in total. The number of benzene rings is 1. The van der Waals surface area contributed by atoms with Crippen LogP contribution < -0.4 is 10.2 Å². The number of imide groups is 1. The molecule has 5 rings (SSSR count). The van der Waals surface area contributed by atoms with Gasteiger partial charge in [0, 0.05) is 62.6 Å². The first-order chi connectivity index (χ1) is 15.9. The standard InChI is InChI=1S/C23H26FN5O4/c24-18-10-17-14(11-29(23(17)33)19-3-4-21(31)26-22(19)32)9-20(18)28-7-5-27(6-8-28)12-15-1-2-16(13-30)25-15/h1-2,9-10,19,25,30H,3-8,11-13H2,(H,26,31,32). The van der Waals surface area contributed by atoms with Gasteiger partial charge in [-0.3, -0.25) is 24.6 Å². The molecule has 1 aromatic heterocycles. The number of amides is 3. The molecule has 10 heteroatoms. The third-order valence-electron chi connectivity index (χ3n) is 6.68. The highest BCUT2D eigenvalue weighted by atomic mass is 19.1. The number of hydrogen-bond donors (Lipinski definition) is 3. The maximum atomic E-state index is 15.0. The number of rotatable bonds is 5. The van der Waals surface area contributed by atoms with Crippen molar-refractivity contribution in [2.45, 2.75) is 38.6 Å². The molecule has 1 unspecified atom stereocenters. The summed E-state index contributed by atoms with van der Waals surface area (Å²) in [6, 6.07) is 6.12. The molecule has 0 radical (unpaired) electrons. The van der Waals surface area contributed by atoms with Crippen molar-refractivity contribution in [3.63, 3.8) is 0 Å². The van der Waals surface area contributed by atoms with Crippen LogP contribution in [0.3, 0.4) is 0 Å². The van der Waals surface area contributed by atoms with E-state index in [0.29, 0.717) is 24.3 Å². The molecule has 0 bridgehead atoms. The zero-order valence-electron chi connectivity index (χ0n) is 18.1. The third-order valence-corrected chi connectivity index (χ3v) is 6.68. The molecule has 1 aromatic carbocycles. The van der Waals surface area contributed by atoms with E-state index >= 15 is 4.39 Å². The topological polar surface area (TPSA) is 109 Å². The normalized spacial score (nSPS) is 21.5. The molecule has 0 saturated carbocycles. The number of piperazine rings is 1. The second-order valence-electron chi connectivity index (χ2n) is 8.79. The first-order valence-corrected chi connectivity index (χ1v) is 11.1. The maximum absolute atomic E-state index is 15.0. The van der Waals surface area contributed by atoms with Crippen LogP contribution in [-0.4, -0.2) is 69.8 Å². The Morgan fingerprint density at radius 2 is 1.82 bits per heavy atom. The molecule has 2 fully saturated rings. The lowest BCUT2D eigenvalue weighted by Gasteiger charge is -2.36. The number of aromatic nitrogens is 1. The number of halogens is 1. The molecule has 2 aromatic rings. The van der Waals surface area contributed by atoms with Gasteiger partial charge < -0.3 is 19.9 Å². The predicted molar refractivity (Wildman–Crippen MR) is 117 cm³/mol. The van der Waals surface area contributed by atoms with Crippen LogP contribution in [0.4, 0.5) is 10.1 Å². The Kier molecular flexibility index (Phi) is 5.63. The number of aliphatic hydroxyl groups is 1. The molecule has 33 heavy (non-hydrogen) atoms. The Balaban J connectivity index is 1.26. The zero-order valence-corrected chi connectivity index (χ0v) is 18.1. The number of nitrogens with one attached hydrogen (secondary N) is 2. The molecule has 0 aliphatic carbocycles. The molecule has 1 atom stereocenters. The van der Waals surface area contributed by atoms with E-state index in [-0.39, 0.29) is 43.4 Å². The van der Waals surface area contributed by atoms with Crippen molar-refractivity contribution in [1.29, 1.82) is 0 Å². The van der Waals surface area contributed by atoms with E-state index in [4.69, 9.17) is 0 Å². The Bertz CT molecular complexity index is 1110. The van der Waals surface area contributed by atoms with Gasteiger partial charge in [0.25, 0.3) is 5.91 Å². The first kappa shape index (κ1) is 21.6. The summed E-state index contributed by atoms with van der Waals surface area (Å²) >= 11 is 0. The molecule has 2 saturated heterocycles. The number of H-pyrrole nitrogens is 1. The number of piperidine rings is 1. The van der Waals surface area contributed by atoms with Crippen LogP contribution >= 0.6 is 0 Å². The Morgan fingerprint density at radius 3 is 2.52 bits per heavy atom. The van der Waals surface area contributed by atoms with Gasteiger partial charge in [-0.05, 0) is 36.2 Å². The average molecular weight is 455 g/mol. The summed E-state index contributed by atoms with van der Waals surface area (Å²) < 4.78 is 15.0. The predicted octanol–water partition coefficient (Wildman–Crippen LogP) is 0.729. The summed E-state index contributed by atoms with van der Waals surface area (Å²) in [5, 5.41) is 11.5. The van der Waals surface area contributed by atoms with Crippen molar-refractivity contribution in [2.75, 3.05) is 31.1 Å². The number of aromatic amines is 1. The number of aliphatic hydroxyl groups excluding tert-OH is 1. The van der Waals surface area contributed by atoms with Crippen LogP contribution in [0.25, 0.3) is 0 Å². The summed E-state index contributed by atoms with van der Waals surface area (Å²) in [6.45, 7) is 3.75. The minimum absolute atomic E-state index is 0.0190. The summed E-state index contributed by atoms with van der Waals surface area (Å²) in [6.07, 6.45) is 0.465. The molecule has 174 valence electrons. The molecule has 3 amide bonds. The molecule has 9 nitrogen and oxygen atoms in total. The summed E-state index contributed by atoms with van der Waals surface area (Å²) in [5.74, 6) is -1.63. The maximum Gasteiger partial charge on any atom is 0.255 e. The molecular weight excluding hydrogens is 429 g/mol. The van der Waals surface area contributed by atoms with E-state index in [1.165, 1.54) is 11.0 Å². The Labute approximate surface area is 190 Å². The number of carbonyl (C=O) groups excluding carboxylic acids is 3. The summed E-state index contributed by atoms with van der Waals surface area (Å²) in [7, 11) is 0. The van der Waals surface area contributed by atoms with Crippen molar-refractivity contribution >= 4 is 23.4 Å². The van der Waals surface area contributed by atoms with E-state index in [2.05, 4.69) is 15.2 Å². The van der Waals surface area contributed by atoms with Crippen LogP contribution in [0.2, 0.25) is 0 Å². The number of carbonyl (C=O) groups is 3. The van der Waals surface area contributed by atoms with E-state index in [1.54, 1.807) is 6.07 Å². The van der Waals surface area contributed by atoms with Gasteiger partial charge in [-0.2, -0.15) is 0 Å². The molecule has 3 aliphatic rings. The fraction of sp³-hybridized carbons (Fsp3) is 0.435. The molecular formula is C23H26FN5O4. The van der Waals surface area contributed by atoms with Gasteiger partial charge >= 0.3 is 0 Å². The second-order valence-corrected chi connectivity index (χ2v) is 8.79. The lowest BCUT2D eigenvalue weighted by molar-refractivity contribution is -0.136. The first-order valence-electron chi connectivity index (χ1n) is 11.1. The van der Waals surface area contributed by atoms with Crippen molar-refractivity contribution in [1.82, 2.24) is 20.1 Å². The average Bonchev–Trinajstić information content (AvgIpc) is 3.38.